The molecule has 1 aliphatic carbocycles. The van der Waals surface area contributed by atoms with Crippen LogP contribution < -0.4 is 0 Å². The fourth-order valence-corrected chi connectivity index (χ4v) is 3.35. The van der Waals surface area contributed by atoms with Gasteiger partial charge < -0.3 is 10.0 Å². The second-order valence-electron chi connectivity index (χ2n) is 5.57. The lowest BCUT2D eigenvalue weighted by Crippen LogP contribution is -2.43. The number of likely N-dealkylation sites (tertiary alicyclic amines) is 1. The van der Waals surface area contributed by atoms with Crippen molar-refractivity contribution in [3.8, 4) is 0 Å². The predicted molar refractivity (Wildman–Crippen MR) is 76.9 cm³/mol. The average molecular weight is 324 g/mol. The summed E-state index contributed by atoms with van der Waals surface area (Å²) >= 11 is 3.43. The highest BCUT2D eigenvalue weighted by Gasteiger charge is 2.54. The second-order valence-corrected chi connectivity index (χ2v) is 6.48. The van der Waals surface area contributed by atoms with Gasteiger partial charge in [-0.15, -0.1) is 0 Å². The van der Waals surface area contributed by atoms with E-state index >= 15 is 0 Å². The first kappa shape index (κ1) is 13.1. The highest BCUT2D eigenvalue weighted by atomic mass is 79.9. The van der Waals surface area contributed by atoms with Gasteiger partial charge in [0.2, 0.25) is 5.91 Å². The topological polar surface area (TPSA) is 40.5 Å². The Morgan fingerprint density at radius 1 is 1.37 bits per heavy atom. The van der Waals surface area contributed by atoms with E-state index in [0.29, 0.717) is 0 Å². The lowest BCUT2D eigenvalue weighted by Gasteiger charge is -2.28. The quantitative estimate of drug-likeness (QED) is 0.928. The lowest BCUT2D eigenvalue weighted by molar-refractivity contribution is -0.135. The fourth-order valence-electron chi connectivity index (χ4n) is 3.09. The molecule has 0 radical (unpaired) electrons. The number of aliphatic hydroxyl groups is 1. The zero-order valence-electron chi connectivity index (χ0n) is 10.8. The van der Waals surface area contributed by atoms with Gasteiger partial charge in [-0.25, -0.2) is 0 Å². The van der Waals surface area contributed by atoms with Crippen LogP contribution in [0.25, 0.3) is 0 Å². The summed E-state index contributed by atoms with van der Waals surface area (Å²) in [4.78, 5) is 14.7. The molecule has 19 heavy (non-hydrogen) atoms. The zero-order valence-corrected chi connectivity index (χ0v) is 12.4. The monoisotopic (exact) mass is 323 g/mol. The van der Waals surface area contributed by atoms with E-state index in [2.05, 4.69) is 15.9 Å². The van der Waals surface area contributed by atoms with Crippen molar-refractivity contribution in [3.05, 3.63) is 34.3 Å². The van der Waals surface area contributed by atoms with Gasteiger partial charge in [-0.1, -0.05) is 28.1 Å². The van der Waals surface area contributed by atoms with Crippen LogP contribution in [0, 0.1) is 0 Å². The van der Waals surface area contributed by atoms with Crippen LogP contribution >= 0.6 is 15.9 Å². The van der Waals surface area contributed by atoms with Gasteiger partial charge in [0.05, 0.1) is 18.1 Å². The molecule has 3 rings (SSSR count). The van der Waals surface area contributed by atoms with E-state index in [1.807, 2.05) is 29.2 Å². The molecule has 1 amide bonds. The van der Waals surface area contributed by atoms with Gasteiger partial charge in [0.25, 0.3) is 0 Å². The summed E-state index contributed by atoms with van der Waals surface area (Å²) in [7, 11) is 0. The molecule has 2 fully saturated rings. The molecule has 0 spiro atoms. The molecule has 1 aromatic rings. The van der Waals surface area contributed by atoms with Crippen LogP contribution in [0.5, 0.6) is 0 Å². The van der Waals surface area contributed by atoms with Crippen molar-refractivity contribution in [3.63, 3.8) is 0 Å². The average Bonchev–Trinajstić information content (AvgIpc) is 3.09. The number of carbonyl (C=O) groups is 1. The van der Waals surface area contributed by atoms with Gasteiger partial charge in [0.15, 0.2) is 0 Å². The zero-order chi connectivity index (χ0) is 13.5. The first-order chi connectivity index (χ1) is 9.17. The molecule has 102 valence electrons. The molecule has 0 aromatic heterocycles. The number of hydrogen-bond acceptors (Lipinski definition) is 2. The third-order valence-corrected chi connectivity index (χ3v) is 4.93. The lowest BCUT2D eigenvalue weighted by atomic mass is 9.94. The van der Waals surface area contributed by atoms with E-state index < -0.39 is 0 Å². The van der Waals surface area contributed by atoms with E-state index in [1.165, 1.54) is 0 Å². The summed E-state index contributed by atoms with van der Waals surface area (Å²) in [5.41, 5.74) is 0.808. The number of aliphatic hydroxyl groups excluding tert-OH is 1. The van der Waals surface area contributed by atoms with Gasteiger partial charge in [0.1, 0.15) is 0 Å². The van der Waals surface area contributed by atoms with Crippen molar-refractivity contribution in [1.82, 2.24) is 4.90 Å². The number of carbonyl (C=O) groups excluding carboxylic acids is 1. The maximum Gasteiger partial charge on any atom is 0.233 e. The minimum atomic E-state index is -0.307. The van der Waals surface area contributed by atoms with E-state index in [4.69, 9.17) is 0 Å². The van der Waals surface area contributed by atoms with Crippen LogP contribution in [0.4, 0.5) is 0 Å². The van der Waals surface area contributed by atoms with Crippen LogP contribution in [0.15, 0.2) is 28.7 Å². The molecule has 1 aliphatic heterocycles. The molecule has 1 saturated carbocycles. The van der Waals surface area contributed by atoms with Gasteiger partial charge in [0, 0.05) is 11.0 Å². The van der Waals surface area contributed by atoms with Crippen molar-refractivity contribution in [1.29, 1.82) is 0 Å². The van der Waals surface area contributed by atoms with E-state index in [0.717, 1.165) is 42.3 Å². The van der Waals surface area contributed by atoms with Gasteiger partial charge in [-0.3, -0.25) is 4.79 Å². The third-order valence-electron chi connectivity index (χ3n) is 4.40. The summed E-state index contributed by atoms with van der Waals surface area (Å²) in [6.07, 6.45) is 3.80. The van der Waals surface area contributed by atoms with Crippen molar-refractivity contribution in [2.45, 2.75) is 37.1 Å². The number of nitrogens with zero attached hydrogens (tertiary/aromatic N) is 1. The summed E-state index contributed by atoms with van der Waals surface area (Å²) < 4.78 is 1.04. The SMILES string of the molecule is O=C(N1CCC[C@@H]1CO)C1(c2ccc(Br)cc2)CC1. The first-order valence-electron chi connectivity index (χ1n) is 6.85. The Hall–Kier alpha value is -0.870. The molecule has 1 aromatic carbocycles. The molecule has 0 bridgehead atoms. The highest BCUT2D eigenvalue weighted by Crippen LogP contribution is 2.50. The predicted octanol–water partition coefficient (Wildman–Crippen LogP) is 2.46. The molecule has 4 heteroatoms. The number of halogens is 1. The van der Waals surface area contributed by atoms with Gasteiger partial charge in [-0.05, 0) is 43.4 Å². The Morgan fingerprint density at radius 3 is 2.63 bits per heavy atom. The largest absolute Gasteiger partial charge is 0.394 e. The fraction of sp³-hybridized carbons (Fsp3) is 0.533. The van der Waals surface area contributed by atoms with E-state index in [1.54, 1.807) is 0 Å². The summed E-state index contributed by atoms with van der Waals surface area (Å²) in [6.45, 7) is 0.879. The third kappa shape index (κ3) is 2.21. The Morgan fingerprint density at radius 2 is 2.05 bits per heavy atom. The Labute approximate surface area is 121 Å². The van der Waals surface area contributed by atoms with Crippen LogP contribution in [0.3, 0.4) is 0 Å². The molecular weight excluding hydrogens is 306 g/mol. The van der Waals surface area contributed by atoms with E-state index in [9.17, 15) is 9.90 Å². The van der Waals surface area contributed by atoms with E-state index in [-0.39, 0.29) is 24.0 Å². The van der Waals surface area contributed by atoms with Crippen molar-refractivity contribution in [2.24, 2.45) is 0 Å². The Balaban J connectivity index is 1.84. The Bertz CT molecular complexity index is 481. The van der Waals surface area contributed by atoms with Crippen molar-refractivity contribution in [2.75, 3.05) is 13.2 Å². The molecule has 0 unspecified atom stereocenters. The first-order valence-corrected chi connectivity index (χ1v) is 7.65. The minimum Gasteiger partial charge on any atom is -0.394 e. The number of hydrogen-bond donors (Lipinski definition) is 1. The second kappa shape index (κ2) is 4.91. The van der Waals surface area contributed by atoms with Crippen molar-refractivity contribution >= 4 is 21.8 Å². The standard InChI is InChI=1S/C15H18BrNO2/c16-12-5-3-11(4-6-12)15(7-8-15)14(19)17-9-1-2-13(17)10-18/h3-6,13,18H,1-2,7-10H2/t13-/m1/s1. The molecule has 1 saturated heterocycles. The number of benzene rings is 1. The van der Waals surface area contributed by atoms with Gasteiger partial charge >= 0.3 is 0 Å². The Kier molecular flexibility index (Phi) is 3.39. The molecule has 1 N–H and O–H groups in total. The molecule has 1 heterocycles. The molecular formula is C15H18BrNO2. The maximum atomic E-state index is 12.8. The number of amides is 1. The maximum absolute atomic E-state index is 12.8. The van der Waals surface area contributed by atoms with Crippen LogP contribution in [0.1, 0.15) is 31.2 Å². The number of rotatable bonds is 3. The van der Waals surface area contributed by atoms with Crippen molar-refractivity contribution < 1.29 is 9.90 Å². The van der Waals surface area contributed by atoms with Gasteiger partial charge in [-0.2, -0.15) is 0 Å². The summed E-state index contributed by atoms with van der Waals surface area (Å²) in [5, 5.41) is 9.38. The normalized spacial score (nSPS) is 24.5. The molecule has 3 nitrogen and oxygen atoms in total. The van der Waals surface area contributed by atoms with Crippen LogP contribution in [0.2, 0.25) is 0 Å². The van der Waals surface area contributed by atoms with Crippen LogP contribution in [-0.4, -0.2) is 35.1 Å². The molecule has 1 atom stereocenters. The summed E-state index contributed by atoms with van der Waals surface area (Å²) in [5.74, 6) is 0.214. The molecule has 2 aliphatic rings. The smallest absolute Gasteiger partial charge is 0.233 e. The highest BCUT2D eigenvalue weighted by molar-refractivity contribution is 9.10. The summed E-state index contributed by atoms with van der Waals surface area (Å²) in [6, 6.07) is 8.10. The minimum absolute atomic E-state index is 0.0282. The van der Waals surface area contributed by atoms with Crippen LogP contribution in [-0.2, 0) is 10.2 Å².